The van der Waals surface area contributed by atoms with Gasteiger partial charge in [0.2, 0.25) is 0 Å². The molecule has 1 aliphatic rings. The molecule has 0 spiro atoms. The van der Waals surface area contributed by atoms with Crippen molar-refractivity contribution >= 4 is 35.1 Å². The van der Waals surface area contributed by atoms with Crippen LogP contribution in [0.25, 0.3) is 0 Å². The molecule has 0 radical (unpaired) electrons. The van der Waals surface area contributed by atoms with Gasteiger partial charge in [0.25, 0.3) is 11.8 Å². The van der Waals surface area contributed by atoms with Gasteiger partial charge in [-0.1, -0.05) is 11.6 Å². The van der Waals surface area contributed by atoms with Crippen molar-refractivity contribution in [3.63, 3.8) is 0 Å². The molecule has 27 heavy (non-hydrogen) atoms. The number of halogens is 1. The Morgan fingerprint density at radius 1 is 1.37 bits per heavy atom. The lowest BCUT2D eigenvalue weighted by molar-refractivity contribution is -0.136. The van der Waals surface area contributed by atoms with Crippen LogP contribution in [-0.4, -0.2) is 60.6 Å². The smallest absolute Gasteiger partial charge is 0.337 e. The summed E-state index contributed by atoms with van der Waals surface area (Å²) >= 11 is 6.11. The van der Waals surface area contributed by atoms with Crippen LogP contribution in [0.2, 0.25) is 5.02 Å². The molecule has 0 fully saturated rings. The van der Waals surface area contributed by atoms with Crippen molar-refractivity contribution in [2.75, 3.05) is 32.1 Å². The molecule has 2 rings (SSSR count). The van der Waals surface area contributed by atoms with Crippen molar-refractivity contribution < 1.29 is 24.2 Å². The third kappa shape index (κ3) is 4.78. The molecule has 0 aliphatic carbocycles. The summed E-state index contributed by atoms with van der Waals surface area (Å²) in [5.74, 6) is -1.42. The number of benzene rings is 1. The number of β-amino-alcohol motifs (C(OH)–C–C–N with tert-alkyl or cyclic N) is 1. The Bertz CT molecular complexity index is 791. The second-order valence-corrected chi connectivity index (χ2v) is 6.65. The van der Waals surface area contributed by atoms with E-state index in [1.807, 2.05) is 13.8 Å². The number of aliphatic hydroxyl groups is 1. The van der Waals surface area contributed by atoms with Crippen LogP contribution < -0.4 is 10.6 Å². The van der Waals surface area contributed by atoms with E-state index in [0.29, 0.717) is 5.69 Å². The molecule has 0 bridgehead atoms. The molecule has 0 unspecified atom stereocenters. The van der Waals surface area contributed by atoms with E-state index < -0.39 is 11.9 Å². The Hall–Kier alpha value is -2.58. The first-order valence-corrected chi connectivity index (χ1v) is 8.75. The fraction of sp³-hybridized carbons (Fsp3) is 0.389. The molecule has 9 heteroatoms. The van der Waals surface area contributed by atoms with Crippen molar-refractivity contribution in [2.24, 2.45) is 0 Å². The summed E-state index contributed by atoms with van der Waals surface area (Å²) < 4.78 is 4.74. The molecule has 8 nitrogen and oxygen atoms in total. The van der Waals surface area contributed by atoms with Gasteiger partial charge < -0.3 is 25.4 Å². The van der Waals surface area contributed by atoms with Gasteiger partial charge in [-0.3, -0.25) is 9.59 Å². The average Bonchev–Trinajstić information content (AvgIpc) is 2.92. The van der Waals surface area contributed by atoms with Gasteiger partial charge in [-0.15, -0.1) is 0 Å². The summed E-state index contributed by atoms with van der Waals surface area (Å²) in [4.78, 5) is 38.2. The zero-order valence-corrected chi connectivity index (χ0v) is 16.1. The summed E-state index contributed by atoms with van der Waals surface area (Å²) in [5.41, 5.74) is 0.865. The van der Waals surface area contributed by atoms with Crippen molar-refractivity contribution in [3.05, 3.63) is 40.1 Å². The predicted molar refractivity (Wildman–Crippen MR) is 100 cm³/mol. The van der Waals surface area contributed by atoms with Crippen molar-refractivity contribution in [3.8, 4) is 0 Å². The van der Waals surface area contributed by atoms with E-state index in [9.17, 15) is 14.4 Å². The highest BCUT2D eigenvalue weighted by Gasteiger charge is 2.34. The van der Waals surface area contributed by atoms with Crippen molar-refractivity contribution in [2.45, 2.75) is 19.9 Å². The number of anilines is 1. The number of hydrogen-bond acceptors (Lipinski definition) is 6. The van der Waals surface area contributed by atoms with E-state index >= 15 is 0 Å². The number of methoxy groups -OCH3 is 1. The number of carbonyl (C=O) groups excluding carboxylic acids is 3. The first-order valence-electron chi connectivity index (χ1n) is 8.37. The van der Waals surface area contributed by atoms with E-state index in [4.69, 9.17) is 21.4 Å². The molecule has 1 aromatic carbocycles. The van der Waals surface area contributed by atoms with Crippen LogP contribution in [0.4, 0.5) is 5.69 Å². The normalized spacial score (nSPS) is 14.0. The van der Waals surface area contributed by atoms with Crippen LogP contribution in [0, 0.1) is 0 Å². The maximum absolute atomic E-state index is 12.5. The van der Waals surface area contributed by atoms with Crippen LogP contribution in [-0.2, 0) is 14.3 Å². The molecule has 0 aromatic heterocycles. The molecule has 1 aliphatic heterocycles. The number of ether oxygens (including phenoxy) is 1. The van der Waals surface area contributed by atoms with Crippen LogP contribution in [0.1, 0.15) is 24.2 Å². The number of nitrogens with one attached hydrogen (secondary N) is 2. The highest BCUT2D eigenvalue weighted by atomic mass is 35.5. The minimum absolute atomic E-state index is 0.0304. The molecule has 1 heterocycles. The second kappa shape index (κ2) is 8.88. The summed E-state index contributed by atoms with van der Waals surface area (Å²) in [6.07, 6.45) is 0. The average molecular weight is 396 g/mol. The molecule has 0 saturated heterocycles. The van der Waals surface area contributed by atoms with Gasteiger partial charge in [0.05, 0.1) is 36.4 Å². The fourth-order valence-electron chi connectivity index (χ4n) is 2.61. The Balaban J connectivity index is 2.34. The Morgan fingerprint density at radius 3 is 2.67 bits per heavy atom. The Morgan fingerprint density at radius 2 is 2.07 bits per heavy atom. The molecule has 1 aromatic rings. The van der Waals surface area contributed by atoms with Crippen molar-refractivity contribution in [1.29, 1.82) is 0 Å². The quantitative estimate of drug-likeness (QED) is 0.598. The van der Waals surface area contributed by atoms with Gasteiger partial charge in [0.15, 0.2) is 0 Å². The number of hydrogen-bond donors (Lipinski definition) is 3. The number of aliphatic hydroxyl groups excluding tert-OH is 1. The van der Waals surface area contributed by atoms with E-state index in [1.165, 1.54) is 24.1 Å². The van der Waals surface area contributed by atoms with Gasteiger partial charge in [-0.25, -0.2) is 4.79 Å². The third-order valence-corrected chi connectivity index (χ3v) is 4.18. The van der Waals surface area contributed by atoms with Crippen LogP contribution in [0.3, 0.4) is 0 Å². The summed E-state index contributed by atoms with van der Waals surface area (Å²) in [6.45, 7) is 3.55. The molecular formula is C18H22ClN3O5. The first-order chi connectivity index (χ1) is 12.8. The molecule has 3 N–H and O–H groups in total. The highest BCUT2D eigenvalue weighted by molar-refractivity contribution is 6.34. The van der Waals surface area contributed by atoms with Gasteiger partial charge in [0.1, 0.15) is 5.70 Å². The van der Waals surface area contributed by atoms with Crippen LogP contribution in [0.15, 0.2) is 29.5 Å². The number of nitrogens with zero attached hydrogens (tertiary/aromatic N) is 1. The van der Waals surface area contributed by atoms with Gasteiger partial charge in [-0.2, -0.15) is 0 Å². The topological polar surface area (TPSA) is 108 Å². The van der Waals surface area contributed by atoms with Crippen LogP contribution in [0.5, 0.6) is 0 Å². The minimum atomic E-state index is -0.641. The highest BCUT2D eigenvalue weighted by Crippen LogP contribution is 2.26. The maximum Gasteiger partial charge on any atom is 0.337 e. The molecule has 2 amide bonds. The SMILES string of the molecule is COC(=O)C1=C(Nc2ccc(Cl)c(C(=O)NC(C)C)c2)C(=O)N(CCO)C1. The lowest BCUT2D eigenvalue weighted by Crippen LogP contribution is -2.31. The van der Waals surface area contributed by atoms with E-state index in [2.05, 4.69) is 10.6 Å². The summed E-state index contributed by atoms with van der Waals surface area (Å²) in [7, 11) is 1.22. The number of rotatable bonds is 7. The van der Waals surface area contributed by atoms with Gasteiger partial charge >= 0.3 is 5.97 Å². The standard InChI is InChI=1S/C18H22ClN3O5/c1-10(2)20-16(24)12-8-11(4-5-14(12)19)21-15-13(18(26)27-3)9-22(6-7-23)17(15)25/h4-5,8,10,21,23H,6-7,9H2,1-3H3,(H,20,24). The van der Waals surface area contributed by atoms with E-state index in [-0.39, 0.29) is 53.5 Å². The first kappa shape index (κ1) is 20.7. The Labute approximate surface area is 162 Å². The number of esters is 1. The molecule has 0 atom stereocenters. The summed E-state index contributed by atoms with van der Waals surface area (Å²) in [5, 5.41) is 15.0. The lowest BCUT2D eigenvalue weighted by Gasteiger charge is -2.15. The van der Waals surface area contributed by atoms with Gasteiger partial charge in [-0.05, 0) is 32.0 Å². The zero-order chi connectivity index (χ0) is 20.1. The molecule has 146 valence electrons. The number of amides is 2. The van der Waals surface area contributed by atoms with Crippen LogP contribution >= 0.6 is 11.6 Å². The largest absolute Gasteiger partial charge is 0.466 e. The van der Waals surface area contributed by atoms with E-state index in [0.717, 1.165) is 0 Å². The summed E-state index contributed by atoms with van der Waals surface area (Å²) in [6, 6.07) is 4.56. The van der Waals surface area contributed by atoms with E-state index in [1.54, 1.807) is 6.07 Å². The van der Waals surface area contributed by atoms with Gasteiger partial charge in [0, 0.05) is 18.3 Å². The Kier molecular flexibility index (Phi) is 6.81. The monoisotopic (exact) mass is 395 g/mol. The maximum atomic E-state index is 12.5. The lowest BCUT2D eigenvalue weighted by atomic mass is 10.1. The zero-order valence-electron chi connectivity index (χ0n) is 15.3. The minimum Gasteiger partial charge on any atom is -0.466 e. The fourth-order valence-corrected chi connectivity index (χ4v) is 2.81. The second-order valence-electron chi connectivity index (χ2n) is 6.24. The number of carbonyl (C=O) groups is 3. The molecular weight excluding hydrogens is 374 g/mol. The predicted octanol–water partition coefficient (Wildman–Crippen LogP) is 1.15. The third-order valence-electron chi connectivity index (χ3n) is 3.85. The molecule has 0 saturated carbocycles. The van der Waals surface area contributed by atoms with Crippen molar-refractivity contribution in [1.82, 2.24) is 10.2 Å².